The Morgan fingerprint density at radius 1 is 0.814 bits per heavy atom. The lowest BCUT2D eigenvalue weighted by molar-refractivity contribution is -0.116. The zero-order chi connectivity index (χ0) is 32.9. The number of rotatable bonds is 10. The molecule has 43 heavy (non-hydrogen) atoms. The summed E-state index contributed by atoms with van der Waals surface area (Å²) in [6, 6.07) is 31.9. The molecule has 0 amide bonds. The Labute approximate surface area is 265 Å². The number of carbonyl (C=O) groups is 1. The predicted octanol–water partition coefficient (Wildman–Crippen LogP) is 11.0. The molecule has 0 aliphatic carbocycles. The third-order valence-electron chi connectivity index (χ3n) is 6.45. The van der Waals surface area contributed by atoms with Gasteiger partial charge in [-0.15, -0.1) is 0 Å². The van der Waals surface area contributed by atoms with Crippen LogP contribution in [-0.2, 0) is 17.6 Å². The average Bonchev–Trinajstić information content (AvgIpc) is 3.00. The Kier molecular flexibility index (Phi) is 26.9. The second-order valence-electron chi connectivity index (χ2n) is 11.6. The van der Waals surface area contributed by atoms with Crippen molar-refractivity contribution in [3.05, 3.63) is 107 Å². The number of nitrogens with zero attached hydrogens (tertiary/aromatic N) is 1. The summed E-state index contributed by atoms with van der Waals surface area (Å²) in [4.78, 5) is 11.9. The molecule has 0 fully saturated rings. The van der Waals surface area contributed by atoms with E-state index in [2.05, 4.69) is 120 Å². The highest BCUT2D eigenvalue weighted by Gasteiger charge is 2.34. The molecule has 238 valence electrons. The number of benzene rings is 3. The van der Waals surface area contributed by atoms with E-state index in [1.165, 1.54) is 54.4 Å². The fraction of sp³-hybridized carbons (Fsp3) is 0.500. The van der Waals surface area contributed by atoms with Crippen LogP contribution >= 0.6 is 0 Å². The maximum absolute atomic E-state index is 11.9. The third-order valence-corrected chi connectivity index (χ3v) is 6.45. The first-order valence-corrected chi connectivity index (χ1v) is 16.3. The van der Waals surface area contributed by atoms with Gasteiger partial charge in [0, 0.05) is 11.8 Å². The lowest BCUT2D eigenvalue weighted by Crippen LogP contribution is -2.29. The highest BCUT2D eigenvalue weighted by molar-refractivity contribution is 5.62. The predicted molar refractivity (Wildman–Crippen MR) is 189 cm³/mol. The molecule has 2 atom stereocenters. The largest absolute Gasteiger partial charge is 0.328 e. The summed E-state index contributed by atoms with van der Waals surface area (Å²) < 4.78 is 0. The molecule has 2 N–H and O–H groups in total. The number of hydrogen-bond acceptors (Lipinski definition) is 3. The lowest BCUT2D eigenvalue weighted by atomic mass is 9.69. The zero-order valence-corrected chi connectivity index (χ0v) is 28.9. The van der Waals surface area contributed by atoms with Gasteiger partial charge in [0.25, 0.3) is 0 Å². The summed E-state index contributed by atoms with van der Waals surface area (Å²) in [5.41, 5.74) is 9.94. The van der Waals surface area contributed by atoms with E-state index in [9.17, 15) is 4.79 Å². The van der Waals surface area contributed by atoms with Crippen LogP contribution in [0.1, 0.15) is 122 Å². The van der Waals surface area contributed by atoms with Crippen LogP contribution in [0.25, 0.3) is 0 Å². The minimum Gasteiger partial charge on any atom is -0.328 e. The first-order valence-electron chi connectivity index (χ1n) is 16.3. The van der Waals surface area contributed by atoms with Crippen molar-refractivity contribution in [3.63, 3.8) is 0 Å². The van der Waals surface area contributed by atoms with Crippen molar-refractivity contribution < 1.29 is 4.79 Å². The van der Waals surface area contributed by atoms with Gasteiger partial charge in [0.15, 0.2) is 0 Å². The number of unbranched alkanes of at least 4 members (excludes halogenated alkanes) is 2. The molecule has 0 aliphatic heterocycles. The van der Waals surface area contributed by atoms with Gasteiger partial charge in [0.2, 0.25) is 0 Å². The summed E-state index contributed by atoms with van der Waals surface area (Å²) in [7, 11) is 0. The van der Waals surface area contributed by atoms with E-state index in [1.807, 2.05) is 32.9 Å². The monoisotopic (exact) mass is 586 g/mol. The quantitative estimate of drug-likeness (QED) is 0.190. The molecule has 3 rings (SSSR count). The molecule has 3 aromatic carbocycles. The van der Waals surface area contributed by atoms with Crippen molar-refractivity contribution in [2.45, 2.75) is 126 Å². The topological polar surface area (TPSA) is 66.9 Å². The zero-order valence-electron chi connectivity index (χ0n) is 28.9. The molecule has 0 heterocycles. The van der Waals surface area contributed by atoms with Gasteiger partial charge in [0.1, 0.15) is 6.29 Å². The SMILES string of the molecule is CC(C)N.CCC.CCC#N.CCC(c1ccccc1)C(C)(C=O)Cc1ccc(C)cc1.CCCCCc1ccccc1. The van der Waals surface area contributed by atoms with Crippen LogP contribution in [-0.4, -0.2) is 12.3 Å². The smallest absolute Gasteiger partial charge is 0.126 e. The second kappa shape index (κ2) is 27.6. The first kappa shape index (κ1) is 41.9. The molecule has 2 unspecified atom stereocenters. The van der Waals surface area contributed by atoms with E-state index in [0.717, 1.165) is 19.1 Å². The third kappa shape index (κ3) is 22.0. The summed E-state index contributed by atoms with van der Waals surface area (Å²) in [6.45, 7) is 18.5. The average molecular weight is 587 g/mol. The Morgan fingerprint density at radius 2 is 1.28 bits per heavy atom. The Hall–Kier alpha value is -3.22. The molecule has 3 heteroatoms. The van der Waals surface area contributed by atoms with E-state index in [1.54, 1.807) is 0 Å². The van der Waals surface area contributed by atoms with Crippen LogP contribution in [0.3, 0.4) is 0 Å². The van der Waals surface area contributed by atoms with Crippen molar-refractivity contribution in [1.82, 2.24) is 0 Å². The van der Waals surface area contributed by atoms with Gasteiger partial charge in [-0.2, -0.15) is 5.26 Å². The minimum absolute atomic E-state index is 0.248. The molecule has 0 aromatic heterocycles. The van der Waals surface area contributed by atoms with Crippen LogP contribution in [0.15, 0.2) is 84.9 Å². The van der Waals surface area contributed by atoms with Crippen LogP contribution in [0.4, 0.5) is 0 Å². The van der Waals surface area contributed by atoms with Gasteiger partial charge in [-0.1, -0.05) is 165 Å². The van der Waals surface area contributed by atoms with E-state index in [4.69, 9.17) is 11.0 Å². The summed E-state index contributed by atoms with van der Waals surface area (Å²) in [6.07, 6.45) is 10.0. The Bertz CT molecular complexity index is 1050. The van der Waals surface area contributed by atoms with Gasteiger partial charge >= 0.3 is 0 Å². The van der Waals surface area contributed by atoms with Crippen molar-refractivity contribution in [2.75, 3.05) is 0 Å². The highest BCUT2D eigenvalue weighted by Crippen LogP contribution is 2.39. The van der Waals surface area contributed by atoms with E-state index in [-0.39, 0.29) is 11.3 Å². The number of nitrogens with two attached hydrogens (primary N) is 1. The van der Waals surface area contributed by atoms with Crippen molar-refractivity contribution in [1.29, 1.82) is 5.26 Å². The van der Waals surface area contributed by atoms with E-state index >= 15 is 0 Å². The Morgan fingerprint density at radius 3 is 1.67 bits per heavy atom. The molecular weight excluding hydrogens is 524 g/mol. The van der Waals surface area contributed by atoms with Crippen molar-refractivity contribution >= 4 is 6.29 Å². The molecule has 0 spiro atoms. The minimum atomic E-state index is -0.370. The van der Waals surface area contributed by atoms with Crippen molar-refractivity contribution in [2.24, 2.45) is 11.1 Å². The normalized spacial score (nSPS) is 11.7. The summed E-state index contributed by atoms with van der Waals surface area (Å²) in [5.74, 6) is 0.248. The number of aryl methyl sites for hydroxylation is 2. The van der Waals surface area contributed by atoms with Gasteiger partial charge in [-0.25, -0.2) is 0 Å². The number of carbonyl (C=O) groups excluding carboxylic acids is 1. The van der Waals surface area contributed by atoms with Gasteiger partial charge < -0.3 is 10.5 Å². The van der Waals surface area contributed by atoms with Gasteiger partial charge in [-0.05, 0) is 61.3 Å². The highest BCUT2D eigenvalue weighted by atomic mass is 16.1. The standard InChI is InChI=1S/C20H24O.C11H16.C3H9N.C3H5N.C3H8/c1-4-19(18-8-6-5-7-9-18)20(3,15-21)14-17-12-10-16(2)11-13-17;1-2-3-5-8-11-9-6-4-7-10-11;1-3(2)4;1-2-3-4;1-3-2/h5-13,15,19H,4,14H2,1-3H3;4,6-7,9-10H,2-3,5,8H2,1H3;3H,4H2,1-2H3;2H2,1H3;3H2,1-2H3. The molecule has 0 saturated heterocycles. The number of aldehydes is 1. The van der Waals surface area contributed by atoms with Gasteiger partial charge in [-0.3, -0.25) is 0 Å². The molecule has 0 aliphatic rings. The molecule has 0 bridgehead atoms. The maximum Gasteiger partial charge on any atom is 0.126 e. The van der Waals surface area contributed by atoms with Crippen molar-refractivity contribution in [3.8, 4) is 6.07 Å². The number of hydrogen-bond donors (Lipinski definition) is 1. The van der Waals surface area contributed by atoms with Crippen LogP contribution in [0.5, 0.6) is 0 Å². The van der Waals surface area contributed by atoms with E-state index < -0.39 is 0 Å². The fourth-order valence-corrected chi connectivity index (χ4v) is 4.38. The van der Waals surface area contributed by atoms with E-state index in [0.29, 0.717) is 12.5 Å². The molecular formula is C40H62N2O. The Balaban J connectivity index is 0. The molecule has 0 saturated carbocycles. The fourth-order valence-electron chi connectivity index (χ4n) is 4.38. The van der Waals surface area contributed by atoms with Crippen LogP contribution in [0, 0.1) is 23.7 Å². The summed E-state index contributed by atoms with van der Waals surface area (Å²) >= 11 is 0. The molecule has 0 radical (unpaired) electrons. The van der Waals surface area contributed by atoms with Crippen LogP contribution < -0.4 is 5.73 Å². The lowest BCUT2D eigenvalue weighted by Gasteiger charge is -2.33. The second-order valence-corrected chi connectivity index (χ2v) is 11.6. The number of nitriles is 1. The van der Waals surface area contributed by atoms with Crippen LogP contribution in [0.2, 0.25) is 0 Å². The first-order chi connectivity index (χ1) is 20.6. The maximum atomic E-state index is 11.9. The summed E-state index contributed by atoms with van der Waals surface area (Å²) in [5, 5.41) is 7.62. The molecule has 3 aromatic rings. The van der Waals surface area contributed by atoms with Gasteiger partial charge in [0.05, 0.1) is 6.07 Å². The molecule has 3 nitrogen and oxygen atoms in total.